The van der Waals surface area contributed by atoms with Crippen LogP contribution in [0.3, 0.4) is 0 Å². The molecule has 0 radical (unpaired) electrons. The number of halogens is 3. The van der Waals surface area contributed by atoms with Crippen LogP contribution in [0.1, 0.15) is 22.9 Å². The zero-order valence-corrected chi connectivity index (χ0v) is 15.5. The largest absolute Gasteiger partial charge is 0.381 e. The summed E-state index contributed by atoms with van der Waals surface area (Å²) in [7, 11) is 0. The van der Waals surface area contributed by atoms with Gasteiger partial charge in [0.2, 0.25) is 0 Å². The van der Waals surface area contributed by atoms with Gasteiger partial charge in [0.25, 0.3) is 5.92 Å². The molecule has 2 aromatic carbocycles. The van der Waals surface area contributed by atoms with Gasteiger partial charge in [-0.05, 0) is 30.7 Å². The van der Waals surface area contributed by atoms with Crippen LogP contribution in [0.4, 0.5) is 8.78 Å². The Morgan fingerprint density at radius 1 is 1.12 bits per heavy atom. The van der Waals surface area contributed by atoms with E-state index in [0.717, 1.165) is 4.47 Å². The second-order valence-corrected chi connectivity index (χ2v) is 6.75. The molecule has 1 atom stereocenters. The van der Waals surface area contributed by atoms with E-state index in [2.05, 4.69) is 21.1 Å². The first-order valence-electron chi connectivity index (χ1n) is 7.91. The number of aliphatic hydroxyl groups excluding tert-OH is 1. The maximum Gasteiger partial charge on any atom is 0.296 e. The van der Waals surface area contributed by atoms with Gasteiger partial charge in [-0.1, -0.05) is 69.6 Å². The van der Waals surface area contributed by atoms with Crippen LogP contribution in [0, 0.1) is 6.92 Å². The van der Waals surface area contributed by atoms with Crippen molar-refractivity contribution in [1.82, 2.24) is 5.16 Å². The number of aliphatic hydroxyl groups is 1. The minimum absolute atomic E-state index is 0.0185. The number of aryl methyl sites for hydroxylation is 1. The molecule has 1 unspecified atom stereocenters. The van der Waals surface area contributed by atoms with Crippen molar-refractivity contribution in [2.75, 3.05) is 0 Å². The van der Waals surface area contributed by atoms with Crippen molar-refractivity contribution in [3.05, 3.63) is 82.0 Å². The summed E-state index contributed by atoms with van der Waals surface area (Å²) in [6.45, 7) is 1.53. The van der Waals surface area contributed by atoms with E-state index in [-0.39, 0.29) is 17.0 Å². The van der Waals surface area contributed by atoms with E-state index >= 15 is 0 Å². The number of rotatable bonds is 5. The van der Waals surface area contributed by atoms with Crippen LogP contribution < -0.4 is 0 Å². The maximum atomic E-state index is 14.6. The number of nitrogens with zero attached hydrogens (tertiary/aromatic N) is 1. The van der Waals surface area contributed by atoms with Crippen molar-refractivity contribution in [3.63, 3.8) is 0 Å². The molecule has 0 saturated heterocycles. The van der Waals surface area contributed by atoms with Gasteiger partial charge in [0.05, 0.1) is 11.3 Å². The summed E-state index contributed by atoms with van der Waals surface area (Å²) in [5.41, 5.74) is 1.39. The molecule has 1 heterocycles. The minimum atomic E-state index is -3.49. The Balaban J connectivity index is 1.94. The first kappa shape index (κ1) is 18.5. The van der Waals surface area contributed by atoms with Crippen molar-refractivity contribution in [3.8, 4) is 11.3 Å². The molecular formula is C20H16BrF2NO2. The van der Waals surface area contributed by atoms with Crippen LogP contribution in [0.2, 0.25) is 0 Å². The Kier molecular flexibility index (Phi) is 5.34. The lowest BCUT2D eigenvalue weighted by Crippen LogP contribution is -2.24. The molecule has 3 aromatic rings. The van der Waals surface area contributed by atoms with Gasteiger partial charge in [0.1, 0.15) is 0 Å². The van der Waals surface area contributed by atoms with Crippen LogP contribution in [0.15, 0.2) is 69.7 Å². The van der Waals surface area contributed by atoms with E-state index in [4.69, 9.17) is 4.52 Å². The lowest BCUT2D eigenvalue weighted by molar-refractivity contribution is -0.0710. The van der Waals surface area contributed by atoms with Crippen molar-refractivity contribution in [2.24, 2.45) is 0 Å². The van der Waals surface area contributed by atoms with Crippen LogP contribution in [-0.4, -0.2) is 16.2 Å². The molecule has 0 aliphatic rings. The standard InChI is InChI=1S/C20H16BrF2NO2/c1-13-17(18(26-24-13)15-7-9-16(21)10-8-15)19(25)20(22,23)12-11-14-5-3-2-4-6-14/h2-12,19,25H,1H3. The summed E-state index contributed by atoms with van der Waals surface area (Å²) in [4.78, 5) is 0. The molecule has 134 valence electrons. The van der Waals surface area contributed by atoms with Gasteiger partial charge in [0.15, 0.2) is 11.9 Å². The molecule has 0 aliphatic carbocycles. The van der Waals surface area contributed by atoms with Crippen molar-refractivity contribution < 1.29 is 18.4 Å². The molecule has 0 amide bonds. The number of hydrogen-bond donors (Lipinski definition) is 1. The molecule has 3 rings (SSSR count). The van der Waals surface area contributed by atoms with Gasteiger partial charge in [-0.2, -0.15) is 8.78 Å². The third-order valence-electron chi connectivity index (χ3n) is 3.95. The summed E-state index contributed by atoms with van der Waals surface area (Å²) < 4.78 is 35.2. The van der Waals surface area contributed by atoms with Gasteiger partial charge in [-0.3, -0.25) is 0 Å². The molecular weight excluding hydrogens is 404 g/mol. The third-order valence-corrected chi connectivity index (χ3v) is 4.48. The predicted molar refractivity (Wildman–Crippen MR) is 99.8 cm³/mol. The highest BCUT2D eigenvalue weighted by Gasteiger charge is 2.40. The van der Waals surface area contributed by atoms with E-state index in [1.165, 1.54) is 13.0 Å². The molecule has 26 heavy (non-hydrogen) atoms. The molecule has 3 nitrogen and oxygen atoms in total. The number of alkyl halides is 2. The van der Waals surface area contributed by atoms with E-state index in [9.17, 15) is 13.9 Å². The number of benzene rings is 2. The highest BCUT2D eigenvalue weighted by atomic mass is 79.9. The highest BCUT2D eigenvalue weighted by Crippen LogP contribution is 2.40. The van der Waals surface area contributed by atoms with Crippen LogP contribution >= 0.6 is 15.9 Å². The highest BCUT2D eigenvalue weighted by molar-refractivity contribution is 9.10. The van der Waals surface area contributed by atoms with E-state index in [0.29, 0.717) is 17.2 Å². The fourth-order valence-electron chi connectivity index (χ4n) is 2.56. The minimum Gasteiger partial charge on any atom is -0.381 e. The predicted octanol–water partition coefficient (Wildman–Crippen LogP) is 5.79. The van der Waals surface area contributed by atoms with E-state index in [1.807, 2.05) is 0 Å². The topological polar surface area (TPSA) is 46.3 Å². The van der Waals surface area contributed by atoms with Crippen LogP contribution in [0.5, 0.6) is 0 Å². The van der Waals surface area contributed by atoms with Gasteiger partial charge in [-0.15, -0.1) is 0 Å². The lowest BCUT2D eigenvalue weighted by Gasteiger charge is -2.19. The summed E-state index contributed by atoms with van der Waals surface area (Å²) in [5, 5.41) is 14.1. The van der Waals surface area contributed by atoms with Gasteiger partial charge >= 0.3 is 0 Å². The fourth-order valence-corrected chi connectivity index (χ4v) is 2.83. The van der Waals surface area contributed by atoms with Crippen molar-refractivity contribution >= 4 is 22.0 Å². The Morgan fingerprint density at radius 2 is 1.77 bits per heavy atom. The quantitative estimate of drug-likeness (QED) is 0.568. The fraction of sp³-hybridized carbons (Fsp3) is 0.150. The first-order valence-corrected chi connectivity index (χ1v) is 8.70. The SMILES string of the molecule is Cc1noc(-c2ccc(Br)cc2)c1C(O)C(F)(F)C=Cc1ccccc1. The summed E-state index contributed by atoms with van der Waals surface area (Å²) in [6, 6.07) is 15.7. The first-order chi connectivity index (χ1) is 12.4. The Bertz CT molecular complexity index is 905. The molecule has 1 N–H and O–H groups in total. The Morgan fingerprint density at radius 3 is 2.42 bits per heavy atom. The normalized spacial score (nSPS) is 13.3. The Labute approximate surface area is 158 Å². The molecule has 0 aliphatic heterocycles. The molecule has 0 spiro atoms. The van der Waals surface area contributed by atoms with Crippen LogP contribution in [-0.2, 0) is 0 Å². The molecule has 0 bridgehead atoms. The van der Waals surface area contributed by atoms with E-state index < -0.39 is 12.0 Å². The average Bonchev–Trinajstić information content (AvgIpc) is 3.02. The van der Waals surface area contributed by atoms with Crippen molar-refractivity contribution in [2.45, 2.75) is 19.0 Å². The smallest absolute Gasteiger partial charge is 0.296 e. The lowest BCUT2D eigenvalue weighted by atomic mass is 9.97. The summed E-state index contributed by atoms with van der Waals surface area (Å²) >= 11 is 3.32. The zero-order chi connectivity index (χ0) is 18.7. The monoisotopic (exact) mass is 419 g/mol. The summed E-state index contributed by atoms with van der Waals surface area (Å²) in [6.07, 6.45) is -0.0942. The van der Waals surface area contributed by atoms with Gasteiger partial charge in [-0.25, -0.2) is 0 Å². The summed E-state index contributed by atoms with van der Waals surface area (Å²) in [5.74, 6) is -3.36. The molecule has 0 fully saturated rings. The molecule has 1 aromatic heterocycles. The van der Waals surface area contributed by atoms with E-state index in [1.54, 1.807) is 54.6 Å². The van der Waals surface area contributed by atoms with Gasteiger partial charge < -0.3 is 9.63 Å². The maximum absolute atomic E-state index is 14.6. The number of aromatic nitrogens is 1. The number of hydrogen-bond acceptors (Lipinski definition) is 3. The molecule has 6 heteroatoms. The van der Waals surface area contributed by atoms with Crippen molar-refractivity contribution in [1.29, 1.82) is 0 Å². The van der Waals surface area contributed by atoms with Crippen LogP contribution in [0.25, 0.3) is 17.4 Å². The zero-order valence-electron chi connectivity index (χ0n) is 13.9. The second kappa shape index (κ2) is 7.51. The Hall–Kier alpha value is -2.31. The van der Waals surface area contributed by atoms with Gasteiger partial charge in [0, 0.05) is 10.0 Å². The second-order valence-electron chi connectivity index (χ2n) is 5.84. The third kappa shape index (κ3) is 3.92. The average molecular weight is 420 g/mol. The molecule has 0 saturated carbocycles.